The van der Waals surface area contributed by atoms with Crippen molar-refractivity contribution in [2.75, 3.05) is 4.90 Å². The first-order valence-electron chi connectivity index (χ1n) is 10.3. The van der Waals surface area contributed by atoms with Crippen LogP contribution in [0.1, 0.15) is 51.3 Å². The van der Waals surface area contributed by atoms with Crippen LogP contribution in [0.5, 0.6) is 0 Å². The molecule has 5 rings (SSSR count). The Bertz CT molecular complexity index is 1230. The zero-order valence-electron chi connectivity index (χ0n) is 17.5. The third kappa shape index (κ3) is 3.02. The minimum atomic E-state index is -4.54. The number of carbonyl (C=O) groups excluding carboxylic acids is 1. The monoisotopic (exact) mass is 442 g/mol. The lowest BCUT2D eigenvalue weighted by Gasteiger charge is -2.45. The van der Waals surface area contributed by atoms with Gasteiger partial charge in [0.1, 0.15) is 12.2 Å². The average molecular weight is 442 g/mol. The number of anilines is 1. The highest BCUT2D eigenvalue weighted by molar-refractivity contribution is 6.10. The molecule has 1 N–H and O–H groups in total. The Morgan fingerprint density at radius 3 is 2.56 bits per heavy atom. The second kappa shape index (κ2) is 6.90. The third-order valence-corrected chi connectivity index (χ3v) is 6.51. The number of benzene rings is 2. The van der Waals surface area contributed by atoms with Crippen LogP contribution in [-0.4, -0.2) is 31.9 Å². The molecule has 1 fully saturated rings. The number of alkyl halides is 3. The number of aliphatic hydroxyl groups excluding tert-OH is 1. The quantitative estimate of drug-likeness (QED) is 0.671. The number of amides is 1. The van der Waals surface area contributed by atoms with Gasteiger partial charge in [0, 0.05) is 18.3 Å². The van der Waals surface area contributed by atoms with E-state index in [1.54, 1.807) is 30.0 Å². The van der Waals surface area contributed by atoms with E-state index in [0.29, 0.717) is 29.9 Å². The zero-order valence-corrected chi connectivity index (χ0v) is 17.5. The topological polar surface area (TPSA) is 71.2 Å². The number of rotatable bonds is 3. The highest BCUT2D eigenvalue weighted by Gasteiger charge is 2.50. The molecule has 1 saturated carbocycles. The highest BCUT2D eigenvalue weighted by Crippen LogP contribution is 2.49. The van der Waals surface area contributed by atoms with Gasteiger partial charge in [0.2, 0.25) is 0 Å². The molecule has 166 valence electrons. The molecule has 0 bridgehead atoms. The number of aliphatic hydroxyl groups is 1. The molecule has 32 heavy (non-hydrogen) atoms. The largest absolute Gasteiger partial charge is 0.416 e. The molecule has 0 saturated heterocycles. The first-order valence-corrected chi connectivity index (χ1v) is 10.3. The SMILES string of the molecule is Cc1cc2c(c(C(F)(F)F)c1)CN(c1cccc(C3(c4nncn4C)CC(O)C3)c1)C2=O. The number of halogens is 3. The molecule has 1 aliphatic heterocycles. The predicted molar refractivity (Wildman–Crippen MR) is 110 cm³/mol. The molecule has 1 aliphatic carbocycles. The Balaban J connectivity index is 1.56. The van der Waals surface area contributed by atoms with Crippen molar-refractivity contribution in [2.45, 2.75) is 44.0 Å². The molecule has 1 aromatic heterocycles. The third-order valence-electron chi connectivity index (χ3n) is 6.51. The number of nitrogens with zero attached hydrogens (tertiary/aromatic N) is 4. The van der Waals surface area contributed by atoms with Gasteiger partial charge in [-0.05, 0) is 60.7 Å². The Kier molecular flexibility index (Phi) is 4.46. The summed E-state index contributed by atoms with van der Waals surface area (Å²) in [4.78, 5) is 14.5. The van der Waals surface area contributed by atoms with Crippen LogP contribution in [-0.2, 0) is 25.2 Å². The van der Waals surface area contributed by atoms with E-state index in [2.05, 4.69) is 10.2 Å². The smallest absolute Gasteiger partial charge is 0.393 e. The van der Waals surface area contributed by atoms with Gasteiger partial charge in [0.25, 0.3) is 5.91 Å². The van der Waals surface area contributed by atoms with Crippen molar-refractivity contribution in [3.63, 3.8) is 0 Å². The standard InChI is InChI=1S/C23H21F3N4O2/c1-13-6-17-18(19(7-13)23(24,25)26)11-30(20(17)32)15-5-3-4-14(8-15)22(9-16(31)10-22)21-28-27-12-29(21)2/h3-8,12,16,31H,9-11H2,1-2H3. The van der Waals surface area contributed by atoms with Gasteiger partial charge in [0.15, 0.2) is 0 Å². The molecule has 0 unspecified atom stereocenters. The molecule has 6 nitrogen and oxygen atoms in total. The van der Waals surface area contributed by atoms with Crippen molar-refractivity contribution in [3.8, 4) is 0 Å². The molecule has 9 heteroatoms. The second-order valence-electron chi connectivity index (χ2n) is 8.69. The fraction of sp³-hybridized carbons (Fsp3) is 0.348. The zero-order chi connectivity index (χ0) is 22.8. The Morgan fingerprint density at radius 2 is 1.94 bits per heavy atom. The lowest BCUT2D eigenvalue weighted by molar-refractivity contribution is -0.138. The summed E-state index contributed by atoms with van der Waals surface area (Å²) in [6, 6.07) is 9.80. The van der Waals surface area contributed by atoms with Gasteiger partial charge in [-0.25, -0.2) is 0 Å². The summed E-state index contributed by atoms with van der Waals surface area (Å²) in [5, 5.41) is 18.3. The van der Waals surface area contributed by atoms with Crippen molar-refractivity contribution in [1.29, 1.82) is 0 Å². The number of hydrogen-bond acceptors (Lipinski definition) is 4. The first kappa shape index (κ1) is 20.7. The van der Waals surface area contributed by atoms with E-state index in [1.807, 2.05) is 19.2 Å². The Labute approximate surface area is 182 Å². The molecule has 0 radical (unpaired) electrons. The molecular formula is C23H21F3N4O2. The second-order valence-corrected chi connectivity index (χ2v) is 8.69. The van der Waals surface area contributed by atoms with Crippen LogP contribution in [0.25, 0.3) is 0 Å². The molecule has 3 aromatic rings. The van der Waals surface area contributed by atoms with Crippen LogP contribution in [0, 0.1) is 6.92 Å². The first-order chi connectivity index (χ1) is 15.1. The summed E-state index contributed by atoms with van der Waals surface area (Å²) in [6.07, 6.45) is -2.52. The maximum Gasteiger partial charge on any atom is 0.416 e. The molecule has 2 heterocycles. The van der Waals surface area contributed by atoms with Crippen LogP contribution >= 0.6 is 0 Å². The van der Waals surface area contributed by atoms with Crippen LogP contribution < -0.4 is 4.90 Å². The number of hydrogen-bond donors (Lipinski definition) is 1. The van der Waals surface area contributed by atoms with Crippen LogP contribution in [0.15, 0.2) is 42.7 Å². The lowest BCUT2D eigenvalue weighted by Crippen LogP contribution is -2.47. The Hall–Kier alpha value is -3.20. The predicted octanol–water partition coefficient (Wildman–Crippen LogP) is 3.74. The minimum Gasteiger partial charge on any atom is -0.393 e. The van der Waals surface area contributed by atoms with E-state index < -0.39 is 29.2 Å². The summed E-state index contributed by atoms with van der Waals surface area (Å²) in [5.74, 6) is 0.249. The van der Waals surface area contributed by atoms with Crippen LogP contribution in [0.2, 0.25) is 0 Å². The van der Waals surface area contributed by atoms with Crippen molar-refractivity contribution < 1.29 is 23.1 Å². The van der Waals surface area contributed by atoms with Gasteiger partial charge in [-0.15, -0.1) is 10.2 Å². The summed E-state index contributed by atoms with van der Waals surface area (Å²) in [7, 11) is 1.83. The molecule has 0 spiro atoms. The Morgan fingerprint density at radius 1 is 1.19 bits per heavy atom. The van der Waals surface area contributed by atoms with Crippen LogP contribution in [0.4, 0.5) is 18.9 Å². The normalized spacial score (nSPS) is 22.8. The summed E-state index contributed by atoms with van der Waals surface area (Å²) in [6.45, 7) is 1.41. The molecule has 1 amide bonds. The number of aromatic nitrogens is 3. The molecule has 0 atom stereocenters. The van der Waals surface area contributed by atoms with Gasteiger partial charge in [0.05, 0.1) is 23.6 Å². The fourth-order valence-corrected chi connectivity index (χ4v) is 4.99. The maximum atomic E-state index is 13.6. The van der Waals surface area contributed by atoms with E-state index in [0.717, 1.165) is 11.6 Å². The van der Waals surface area contributed by atoms with Gasteiger partial charge in [-0.1, -0.05) is 12.1 Å². The van der Waals surface area contributed by atoms with Gasteiger partial charge >= 0.3 is 6.18 Å². The summed E-state index contributed by atoms with van der Waals surface area (Å²) in [5.41, 5.74) is 0.501. The average Bonchev–Trinajstić information content (AvgIpc) is 3.28. The van der Waals surface area contributed by atoms with E-state index >= 15 is 0 Å². The van der Waals surface area contributed by atoms with Crippen molar-refractivity contribution in [3.05, 3.63) is 76.4 Å². The number of fused-ring (bicyclic) bond motifs is 1. The van der Waals surface area contributed by atoms with Crippen LogP contribution in [0.3, 0.4) is 0 Å². The van der Waals surface area contributed by atoms with Crippen molar-refractivity contribution in [2.24, 2.45) is 7.05 Å². The van der Waals surface area contributed by atoms with Crippen molar-refractivity contribution >= 4 is 11.6 Å². The van der Waals surface area contributed by atoms with Gasteiger partial charge in [-0.3, -0.25) is 4.79 Å². The van der Waals surface area contributed by atoms with Gasteiger partial charge < -0.3 is 14.6 Å². The van der Waals surface area contributed by atoms with E-state index in [9.17, 15) is 23.1 Å². The highest BCUT2D eigenvalue weighted by atomic mass is 19.4. The maximum absolute atomic E-state index is 13.6. The van der Waals surface area contributed by atoms with E-state index in [1.165, 1.54) is 11.0 Å². The molecular weight excluding hydrogens is 421 g/mol. The van der Waals surface area contributed by atoms with Crippen molar-refractivity contribution in [1.82, 2.24) is 14.8 Å². The van der Waals surface area contributed by atoms with Gasteiger partial charge in [-0.2, -0.15) is 13.2 Å². The van der Waals surface area contributed by atoms with E-state index in [-0.39, 0.29) is 17.7 Å². The lowest BCUT2D eigenvalue weighted by atomic mass is 9.62. The molecule has 2 aliphatic rings. The number of carbonyl (C=O) groups is 1. The molecule has 2 aromatic carbocycles. The fourth-order valence-electron chi connectivity index (χ4n) is 4.99. The van der Waals surface area contributed by atoms with E-state index in [4.69, 9.17) is 0 Å². The summed E-state index contributed by atoms with van der Waals surface area (Å²) >= 11 is 0. The number of aryl methyl sites for hydroxylation is 2. The summed E-state index contributed by atoms with van der Waals surface area (Å²) < 4.78 is 42.6. The minimum absolute atomic E-state index is 0.000541.